The van der Waals surface area contributed by atoms with E-state index in [2.05, 4.69) is 82.8 Å². The molecule has 2 N–H and O–H groups in total. The number of nitrogens with one attached hydrogen (secondary N) is 2. The van der Waals surface area contributed by atoms with Gasteiger partial charge in [-0.15, -0.1) is 0 Å². The molecule has 2 aromatic rings. The Hall–Kier alpha value is -4.96. The number of rotatable bonds is 4. The van der Waals surface area contributed by atoms with Crippen molar-refractivity contribution in [3.63, 3.8) is 0 Å². The van der Waals surface area contributed by atoms with Gasteiger partial charge >= 0.3 is 0 Å². The van der Waals surface area contributed by atoms with Crippen LogP contribution in [0.4, 0.5) is 0 Å². The molecule has 0 fully saturated rings. The molecule has 4 nitrogen and oxygen atoms in total. The molecule has 36 heavy (non-hydrogen) atoms. The normalized spacial score (nSPS) is 16.5. The van der Waals surface area contributed by atoms with E-state index >= 15 is 0 Å². The first-order chi connectivity index (χ1) is 17.7. The number of nitrogens with zero attached hydrogens (tertiary/aromatic N) is 2. The molecule has 0 unspecified atom stereocenters. The molecule has 4 heterocycles. The van der Waals surface area contributed by atoms with Gasteiger partial charge in [0.25, 0.3) is 0 Å². The Bertz CT molecular complexity index is 1660. The zero-order valence-electron chi connectivity index (χ0n) is 19.7. The lowest BCUT2D eigenvalue weighted by Crippen LogP contribution is -1.86. The highest BCUT2D eigenvalue weighted by molar-refractivity contribution is 5.92. The van der Waals surface area contributed by atoms with Crippen molar-refractivity contribution in [2.24, 2.45) is 4.99 Å². The SMILES string of the molecule is C=CC1=Cc2cc[nH]c2C=C/C1=C\c1[nH]cc2c1C=C/C(=C/c1ccc3nccc-3cc1C=C)N=C2. The third-order valence-electron chi connectivity index (χ3n) is 6.52. The minimum atomic E-state index is 0.867. The maximum atomic E-state index is 4.75. The number of allylic oxidation sites excluding steroid dienone is 5. The number of H-pyrrole nitrogens is 2. The van der Waals surface area contributed by atoms with E-state index in [-0.39, 0.29) is 0 Å². The van der Waals surface area contributed by atoms with Gasteiger partial charge in [-0.1, -0.05) is 43.5 Å². The second-order valence-corrected chi connectivity index (χ2v) is 8.69. The van der Waals surface area contributed by atoms with Gasteiger partial charge in [-0.2, -0.15) is 0 Å². The first-order valence-corrected chi connectivity index (χ1v) is 11.8. The van der Waals surface area contributed by atoms with E-state index in [1.54, 1.807) is 0 Å². The van der Waals surface area contributed by atoms with Crippen molar-refractivity contribution in [2.75, 3.05) is 0 Å². The van der Waals surface area contributed by atoms with Gasteiger partial charge < -0.3 is 9.97 Å². The summed E-state index contributed by atoms with van der Waals surface area (Å²) in [7, 11) is 0. The second-order valence-electron chi connectivity index (χ2n) is 8.69. The molecule has 0 saturated heterocycles. The Morgan fingerprint density at radius 1 is 0.833 bits per heavy atom. The number of aromatic amines is 2. The molecule has 0 aromatic carbocycles. The fourth-order valence-electron chi connectivity index (χ4n) is 4.57. The van der Waals surface area contributed by atoms with Crippen molar-refractivity contribution in [2.45, 2.75) is 0 Å². The van der Waals surface area contributed by atoms with Gasteiger partial charge in [0.2, 0.25) is 0 Å². The number of aromatic nitrogens is 3. The van der Waals surface area contributed by atoms with E-state index in [1.807, 2.05) is 55.2 Å². The van der Waals surface area contributed by atoms with E-state index in [9.17, 15) is 0 Å². The zero-order chi connectivity index (χ0) is 24.5. The van der Waals surface area contributed by atoms with Crippen molar-refractivity contribution >= 4 is 42.7 Å². The summed E-state index contributed by atoms with van der Waals surface area (Å²) in [6.45, 7) is 8.04. The standard InChI is InChI=1S/C32H24N4/c1-3-21-15-25-11-13-33-30(25)9-5-23(21)17-28-7-8-29-27(19-35-28)20-36-32(29)18-24-6-10-31-26(12-14-34-31)16-22(24)4-2/h3-20,34,36H,1-2H2/b24-18+,28-17-. The summed E-state index contributed by atoms with van der Waals surface area (Å²) in [5, 5.41) is 0. The van der Waals surface area contributed by atoms with E-state index in [4.69, 9.17) is 4.99 Å². The molecule has 0 radical (unpaired) electrons. The molecule has 2 aliphatic carbocycles. The first-order valence-electron chi connectivity index (χ1n) is 11.8. The quantitative estimate of drug-likeness (QED) is 0.320. The Morgan fingerprint density at radius 3 is 2.67 bits per heavy atom. The highest BCUT2D eigenvalue weighted by Gasteiger charge is 2.12. The highest BCUT2D eigenvalue weighted by Crippen LogP contribution is 2.29. The topological polar surface area (TPSA) is 56.8 Å². The molecule has 0 atom stereocenters. The lowest BCUT2D eigenvalue weighted by atomic mass is 10.0. The molecule has 0 spiro atoms. The van der Waals surface area contributed by atoms with E-state index in [0.717, 1.165) is 67.3 Å². The number of aliphatic imine (C=N–C) groups is 1. The Balaban J connectivity index is 1.36. The molecule has 0 bridgehead atoms. The zero-order valence-corrected chi connectivity index (χ0v) is 19.7. The first kappa shape index (κ1) is 21.6. The van der Waals surface area contributed by atoms with Gasteiger partial charge in [-0.05, 0) is 82.5 Å². The lowest BCUT2D eigenvalue weighted by molar-refractivity contribution is 1.36. The van der Waals surface area contributed by atoms with Gasteiger partial charge in [0, 0.05) is 52.9 Å². The predicted molar refractivity (Wildman–Crippen MR) is 152 cm³/mol. The molecule has 4 heteroatoms. The van der Waals surface area contributed by atoms with Crippen molar-refractivity contribution < 1.29 is 0 Å². The molecule has 6 rings (SSSR count). The molecular weight excluding hydrogens is 440 g/mol. The van der Waals surface area contributed by atoms with Gasteiger partial charge in [-0.3, -0.25) is 9.98 Å². The Labute approximate surface area is 210 Å². The predicted octanol–water partition coefficient (Wildman–Crippen LogP) is 7.65. The van der Waals surface area contributed by atoms with Crippen molar-refractivity contribution in [3.05, 3.63) is 136 Å². The lowest BCUT2D eigenvalue weighted by Gasteiger charge is -2.03. The van der Waals surface area contributed by atoms with Crippen LogP contribution >= 0.6 is 0 Å². The van der Waals surface area contributed by atoms with E-state index in [0.29, 0.717) is 0 Å². The summed E-state index contributed by atoms with van der Waals surface area (Å²) in [6, 6.07) is 10.3. The molecule has 2 aliphatic heterocycles. The van der Waals surface area contributed by atoms with Gasteiger partial charge in [-0.25, -0.2) is 0 Å². The fourth-order valence-corrected chi connectivity index (χ4v) is 4.57. The van der Waals surface area contributed by atoms with Crippen LogP contribution < -0.4 is 0 Å². The van der Waals surface area contributed by atoms with Crippen LogP contribution in [0.5, 0.6) is 0 Å². The van der Waals surface area contributed by atoms with Crippen LogP contribution in [0.1, 0.15) is 39.2 Å². The summed E-state index contributed by atoms with van der Waals surface area (Å²) in [6.07, 6.45) is 26.2. The summed E-state index contributed by atoms with van der Waals surface area (Å²) in [5.74, 6) is 0. The fraction of sp³-hybridized carbons (Fsp3) is 0. The minimum Gasteiger partial charge on any atom is -0.361 e. The third-order valence-corrected chi connectivity index (χ3v) is 6.52. The average molecular weight is 465 g/mol. The molecule has 172 valence electrons. The minimum absolute atomic E-state index is 0.867. The summed E-state index contributed by atoms with van der Waals surface area (Å²) < 4.78 is 0. The average Bonchev–Trinajstić information content (AvgIpc) is 3.54. The van der Waals surface area contributed by atoms with Crippen molar-refractivity contribution in [1.29, 1.82) is 0 Å². The van der Waals surface area contributed by atoms with Crippen LogP contribution in [0, 0.1) is 0 Å². The number of fused-ring (bicyclic) bond motifs is 3. The Morgan fingerprint density at radius 2 is 1.78 bits per heavy atom. The van der Waals surface area contributed by atoms with Crippen LogP contribution in [-0.4, -0.2) is 21.2 Å². The molecule has 0 saturated carbocycles. The summed E-state index contributed by atoms with van der Waals surface area (Å²) in [5.41, 5.74) is 12.6. The maximum absolute atomic E-state index is 4.75. The Kier molecular flexibility index (Phi) is 5.39. The maximum Gasteiger partial charge on any atom is 0.0702 e. The molecule has 4 aliphatic rings. The van der Waals surface area contributed by atoms with Crippen LogP contribution in [0.2, 0.25) is 0 Å². The largest absolute Gasteiger partial charge is 0.361 e. The number of hydrogen-bond acceptors (Lipinski definition) is 2. The summed E-state index contributed by atoms with van der Waals surface area (Å²) in [4.78, 5) is 15.9. The van der Waals surface area contributed by atoms with Crippen LogP contribution in [0.3, 0.4) is 0 Å². The van der Waals surface area contributed by atoms with Gasteiger partial charge in [0.15, 0.2) is 0 Å². The van der Waals surface area contributed by atoms with Crippen molar-refractivity contribution in [3.8, 4) is 11.3 Å². The van der Waals surface area contributed by atoms with Crippen LogP contribution in [-0.2, 0) is 0 Å². The smallest absolute Gasteiger partial charge is 0.0702 e. The van der Waals surface area contributed by atoms with E-state index in [1.165, 1.54) is 0 Å². The van der Waals surface area contributed by atoms with E-state index < -0.39 is 0 Å². The monoisotopic (exact) mass is 464 g/mol. The molecule has 2 aromatic heterocycles. The van der Waals surface area contributed by atoms with Crippen LogP contribution in [0.15, 0.2) is 102 Å². The van der Waals surface area contributed by atoms with Crippen LogP contribution in [0.25, 0.3) is 47.7 Å². The van der Waals surface area contributed by atoms with Crippen molar-refractivity contribution in [1.82, 2.24) is 15.0 Å². The highest BCUT2D eigenvalue weighted by atomic mass is 14.8. The van der Waals surface area contributed by atoms with Gasteiger partial charge in [0.1, 0.15) is 0 Å². The molecule has 0 amide bonds. The summed E-state index contributed by atoms with van der Waals surface area (Å²) >= 11 is 0. The third kappa shape index (κ3) is 3.95. The second kappa shape index (κ2) is 9.01. The number of hydrogen-bond donors (Lipinski definition) is 2. The molecular formula is C32H24N4. The van der Waals surface area contributed by atoms with Gasteiger partial charge in [0.05, 0.1) is 11.4 Å².